The van der Waals surface area contributed by atoms with Crippen molar-refractivity contribution < 1.29 is 9.53 Å². The third kappa shape index (κ3) is 5.20. The molecule has 0 saturated heterocycles. The molecule has 1 amide bonds. The van der Waals surface area contributed by atoms with Gasteiger partial charge in [-0.2, -0.15) is 0 Å². The molecule has 3 rings (SSSR count). The number of aromatic nitrogens is 1. The second-order valence-corrected chi connectivity index (χ2v) is 9.49. The maximum Gasteiger partial charge on any atom is 0.270 e. The zero-order valence-electron chi connectivity index (χ0n) is 15.3. The quantitative estimate of drug-likeness (QED) is 0.459. The van der Waals surface area contributed by atoms with Gasteiger partial charge in [0, 0.05) is 6.54 Å². The van der Waals surface area contributed by atoms with Crippen LogP contribution in [-0.4, -0.2) is 50.1 Å². The molecule has 0 atom stereocenters. The van der Waals surface area contributed by atoms with E-state index in [1.165, 1.54) is 22.7 Å². The second-order valence-electron chi connectivity index (χ2n) is 6.02. The van der Waals surface area contributed by atoms with Crippen molar-refractivity contribution in [1.82, 2.24) is 9.88 Å². The number of nitrogens with zero attached hydrogens (tertiary/aromatic N) is 3. The number of halogens is 2. The van der Waals surface area contributed by atoms with Gasteiger partial charge < -0.3 is 9.64 Å². The van der Waals surface area contributed by atoms with Crippen molar-refractivity contribution in [3.63, 3.8) is 0 Å². The van der Waals surface area contributed by atoms with Crippen LogP contribution in [-0.2, 0) is 0 Å². The van der Waals surface area contributed by atoms with Crippen molar-refractivity contribution in [2.45, 2.75) is 6.42 Å². The molecule has 0 radical (unpaired) electrons. The van der Waals surface area contributed by atoms with Crippen LogP contribution in [0.2, 0.25) is 0 Å². The van der Waals surface area contributed by atoms with E-state index >= 15 is 0 Å². The molecule has 2 heterocycles. The van der Waals surface area contributed by atoms with Crippen molar-refractivity contribution >= 4 is 72.3 Å². The Kier molecular flexibility index (Phi) is 8.05. The van der Waals surface area contributed by atoms with Crippen LogP contribution in [0.3, 0.4) is 0 Å². The number of hydrogen-bond donors (Lipinski definition) is 0. The van der Waals surface area contributed by atoms with E-state index in [2.05, 4.69) is 20.8 Å². The minimum atomic E-state index is -0.0162. The Morgan fingerprint density at radius 1 is 1.19 bits per heavy atom. The molecule has 146 valence electrons. The van der Waals surface area contributed by atoms with Gasteiger partial charge >= 0.3 is 0 Å². The predicted octanol–water partition coefficient (Wildman–Crippen LogP) is 5.15. The summed E-state index contributed by atoms with van der Waals surface area (Å²) >= 11 is 6.39. The summed E-state index contributed by atoms with van der Waals surface area (Å²) in [5, 5.41) is 0.706. The van der Waals surface area contributed by atoms with Crippen LogP contribution in [0.25, 0.3) is 10.2 Å². The molecule has 0 spiro atoms. The molecule has 27 heavy (non-hydrogen) atoms. The van der Waals surface area contributed by atoms with Crippen LogP contribution < -0.4 is 9.64 Å². The Labute approximate surface area is 181 Å². The first-order valence-electron chi connectivity index (χ1n) is 8.15. The summed E-state index contributed by atoms with van der Waals surface area (Å²) in [6.07, 6.45) is 0.873. The summed E-state index contributed by atoms with van der Waals surface area (Å²) < 4.78 is 7.37. The summed E-state index contributed by atoms with van der Waals surface area (Å²) in [4.78, 5) is 22.4. The molecule has 5 nitrogen and oxygen atoms in total. The van der Waals surface area contributed by atoms with Crippen molar-refractivity contribution in [1.29, 1.82) is 0 Å². The minimum absolute atomic E-state index is 0. The number of thiophene rings is 1. The number of fused-ring (bicyclic) bond motifs is 1. The monoisotopic (exact) mass is 489 g/mol. The molecule has 3 aromatic rings. The van der Waals surface area contributed by atoms with E-state index in [1.807, 2.05) is 44.4 Å². The summed E-state index contributed by atoms with van der Waals surface area (Å²) in [6.45, 7) is 1.53. The third-order valence-corrected chi connectivity index (χ3v) is 6.49. The van der Waals surface area contributed by atoms with Gasteiger partial charge in [-0.1, -0.05) is 17.4 Å². The molecule has 0 N–H and O–H groups in total. The molecule has 0 aliphatic carbocycles. The second kappa shape index (κ2) is 9.84. The number of methoxy groups -OCH3 is 1. The molecule has 0 bridgehead atoms. The Bertz CT molecular complexity index is 913. The molecular formula is C18H21BrClN3O2S2. The van der Waals surface area contributed by atoms with Gasteiger partial charge in [0.15, 0.2) is 5.13 Å². The summed E-state index contributed by atoms with van der Waals surface area (Å²) in [5.41, 5.74) is 0.799. The molecule has 9 heteroatoms. The van der Waals surface area contributed by atoms with Gasteiger partial charge in [-0.05, 0) is 67.3 Å². The van der Waals surface area contributed by atoms with Gasteiger partial charge in [-0.15, -0.1) is 23.7 Å². The minimum Gasteiger partial charge on any atom is -0.494 e. The van der Waals surface area contributed by atoms with Crippen LogP contribution in [0, 0.1) is 0 Å². The van der Waals surface area contributed by atoms with E-state index in [0.29, 0.717) is 16.6 Å². The number of carbonyl (C=O) groups excluding carboxylic acids is 1. The Morgan fingerprint density at radius 2 is 1.96 bits per heavy atom. The van der Waals surface area contributed by atoms with Crippen LogP contribution in [0.5, 0.6) is 5.75 Å². The number of rotatable bonds is 7. The molecule has 0 aliphatic heterocycles. The van der Waals surface area contributed by atoms with Gasteiger partial charge in [0.2, 0.25) is 0 Å². The molecule has 0 saturated carbocycles. The summed E-state index contributed by atoms with van der Waals surface area (Å²) in [6, 6.07) is 9.59. The first kappa shape index (κ1) is 22.1. The number of ether oxygens (including phenoxy) is 1. The lowest BCUT2D eigenvalue weighted by Crippen LogP contribution is -2.32. The number of amides is 1. The fraction of sp³-hybridized carbons (Fsp3) is 0.333. The van der Waals surface area contributed by atoms with Crippen LogP contribution in [0.15, 0.2) is 34.1 Å². The Morgan fingerprint density at radius 3 is 2.59 bits per heavy atom. The van der Waals surface area contributed by atoms with E-state index in [9.17, 15) is 4.79 Å². The molecule has 0 fully saturated rings. The number of para-hydroxylation sites is 1. The Hall–Kier alpha value is -1.19. The Balaban J connectivity index is 0.00000261. The van der Waals surface area contributed by atoms with E-state index in [0.717, 1.165) is 32.7 Å². The molecule has 0 aliphatic rings. The predicted molar refractivity (Wildman–Crippen MR) is 120 cm³/mol. The summed E-state index contributed by atoms with van der Waals surface area (Å²) in [5.74, 6) is 0.710. The van der Waals surface area contributed by atoms with Crippen LogP contribution in [0.1, 0.15) is 16.1 Å². The van der Waals surface area contributed by atoms with Gasteiger partial charge in [-0.3, -0.25) is 9.69 Å². The number of carbonyl (C=O) groups is 1. The smallest absolute Gasteiger partial charge is 0.270 e. The fourth-order valence-electron chi connectivity index (χ4n) is 2.58. The number of hydrogen-bond acceptors (Lipinski definition) is 6. The average molecular weight is 491 g/mol. The lowest BCUT2D eigenvalue weighted by atomic mass is 10.3. The third-order valence-electron chi connectivity index (χ3n) is 3.84. The number of anilines is 1. The largest absolute Gasteiger partial charge is 0.494 e. The van der Waals surface area contributed by atoms with E-state index < -0.39 is 0 Å². The number of benzene rings is 1. The highest BCUT2D eigenvalue weighted by Gasteiger charge is 2.23. The normalized spacial score (nSPS) is 10.9. The molecule has 2 aromatic heterocycles. The zero-order chi connectivity index (χ0) is 18.7. The van der Waals surface area contributed by atoms with E-state index in [1.54, 1.807) is 12.0 Å². The number of thiazole rings is 1. The SMILES string of the molecule is COc1cccc2sc(N(CCCN(C)C)C(=O)c3ccc(Br)s3)nc12.Cl. The van der Waals surface area contributed by atoms with Gasteiger partial charge in [0.05, 0.1) is 20.5 Å². The highest BCUT2D eigenvalue weighted by atomic mass is 79.9. The molecular weight excluding hydrogens is 470 g/mol. The van der Waals surface area contributed by atoms with E-state index in [-0.39, 0.29) is 18.3 Å². The van der Waals surface area contributed by atoms with Crippen molar-refractivity contribution in [2.75, 3.05) is 39.2 Å². The lowest BCUT2D eigenvalue weighted by molar-refractivity contribution is 0.0990. The molecule has 1 aromatic carbocycles. The fourth-order valence-corrected chi connectivity index (χ4v) is 4.93. The van der Waals surface area contributed by atoms with Gasteiger partial charge in [0.1, 0.15) is 11.3 Å². The summed E-state index contributed by atoms with van der Waals surface area (Å²) in [7, 11) is 5.70. The average Bonchev–Trinajstić information content (AvgIpc) is 3.23. The topological polar surface area (TPSA) is 45.7 Å². The first-order chi connectivity index (χ1) is 12.5. The highest BCUT2D eigenvalue weighted by Crippen LogP contribution is 2.35. The maximum atomic E-state index is 13.1. The lowest BCUT2D eigenvalue weighted by Gasteiger charge is -2.20. The first-order valence-corrected chi connectivity index (χ1v) is 10.6. The standard InChI is InChI=1S/C18H20BrN3O2S2.ClH/c1-21(2)10-5-11-22(17(23)14-8-9-15(19)25-14)18-20-16-12(24-3)6-4-7-13(16)26-18;/h4,6-9H,5,10-11H2,1-3H3;1H. The van der Waals surface area contributed by atoms with Crippen molar-refractivity contribution in [3.05, 3.63) is 39.0 Å². The maximum absolute atomic E-state index is 13.1. The van der Waals surface area contributed by atoms with Gasteiger partial charge in [-0.25, -0.2) is 4.98 Å². The highest BCUT2D eigenvalue weighted by molar-refractivity contribution is 9.11. The van der Waals surface area contributed by atoms with Gasteiger partial charge in [0.25, 0.3) is 5.91 Å². The molecule has 0 unspecified atom stereocenters. The van der Waals surface area contributed by atoms with Crippen molar-refractivity contribution in [3.8, 4) is 5.75 Å². The van der Waals surface area contributed by atoms with E-state index in [4.69, 9.17) is 9.72 Å². The van der Waals surface area contributed by atoms with Crippen molar-refractivity contribution in [2.24, 2.45) is 0 Å². The van der Waals surface area contributed by atoms with Crippen LogP contribution in [0.4, 0.5) is 5.13 Å². The zero-order valence-corrected chi connectivity index (χ0v) is 19.3. The van der Waals surface area contributed by atoms with Crippen LogP contribution >= 0.6 is 51.0 Å².